The summed E-state index contributed by atoms with van der Waals surface area (Å²) in [6.45, 7) is 4.20. The SMILES string of the molecule is CCOC(=O)Cc1csc(NC(=O)c2cc(Oc3ccc(F)cc3)cc(O[C@@H](C)COC)c2)n1. The highest BCUT2D eigenvalue weighted by atomic mass is 32.1. The average Bonchev–Trinajstić information content (AvgIpc) is 3.22. The maximum atomic E-state index is 13.2. The number of anilines is 1. The van der Waals surface area contributed by atoms with Crippen LogP contribution in [0.4, 0.5) is 9.52 Å². The van der Waals surface area contributed by atoms with Crippen LogP contribution in [0, 0.1) is 5.82 Å². The normalized spacial score (nSPS) is 11.5. The minimum Gasteiger partial charge on any atom is -0.488 e. The number of carbonyl (C=O) groups excluding carboxylic acids is 2. The van der Waals surface area contributed by atoms with E-state index in [1.165, 1.54) is 35.6 Å². The smallest absolute Gasteiger partial charge is 0.311 e. The zero-order valence-corrected chi connectivity index (χ0v) is 19.8. The van der Waals surface area contributed by atoms with E-state index in [-0.39, 0.29) is 36.5 Å². The van der Waals surface area contributed by atoms with E-state index in [1.807, 2.05) is 6.92 Å². The van der Waals surface area contributed by atoms with Crippen LogP contribution in [0.5, 0.6) is 17.2 Å². The van der Waals surface area contributed by atoms with Gasteiger partial charge in [0, 0.05) is 24.1 Å². The number of methoxy groups -OCH3 is 1. The molecule has 10 heteroatoms. The topological polar surface area (TPSA) is 96.0 Å². The van der Waals surface area contributed by atoms with E-state index < -0.39 is 5.91 Å². The molecule has 0 unspecified atom stereocenters. The van der Waals surface area contributed by atoms with Gasteiger partial charge in [0.15, 0.2) is 5.13 Å². The van der Waals surface area contributed by atoms with E-state index in [2.05, 4.69) is 10.3 Å². The fourth-order valence-corrected chi connectivity index (χ4v) is 3.65. The van der Waals surface area contributed by atoms with Crippen LogP contribution >= 0.6 is 11.3 Å². The molecule has 180 valence electrons. The first-order valence-electron chi connectivity index (χ1n) is 10.5. The molecule has 3 aromatic rings. The fourth-order valence-electron chi connectivity index (χ4n) is 2.94. The summed E-state index contributed by atoms with van der Waals surface area (Å²) >= 11 is 1.20. The van der Waals surface area contributed by atoms with E-state index in [0.717, 1.165) is 0 Å². The maximum absolute atomic E-state index is 13.2. The number of nitrogens with one attached hydrogen (secondary N) is 1. The van der Waals surface area contributed by atoms with Gasteiger partial charge in [0.1, 0.15) is 29.2 Å². The highest BCUT2D eigenvalue weighted by molar-refractivity contribution is 7.14. The lowest BCUT2D eigenvalue weighted by molar-refractivity contribution is -0.142. The van der Waals surface area contributed by atoms with Crippen molar-refractivity contribution in [2.45, 2.75) is 26.4 Å². The van der Waals surface area contributed by atoms with Crippen molar-refractivity contribution in [2.75, 3.05) is 25.6 Å². The third-order valence-corrected chi connectivity index (χ3v) is 5.14. The fraction of sp³-hybridized carbons (Fsp3) is 0.292. The molecule has 1 N–H and O–H groups in total. The summed E-state index contributed by atoms with van der Waals surface area (Å²) in [4.78, 5) is 28.8. The molecule has 0 aliphatic heterocycles. The third-order valence-electron chi connectivity index (χ3n) is 4.33. The standard InChI is InChI=1S/C24H25FN2O6S/c1-4-31-22(28)11-18-14-34-24(26-18)27-23(29)16-9-20(32-15(2)13-30-3)12-21(10-16)33-19-7-5-17(25)6-8-19/h5-10,12,14-15H,4,11,13H2,1-3H3,(H,26,27,29)/t15-/m0/s1. The molecular formula is C24H25FN2O6S. The van der Waals surface area contributed by atoms with Gasteiger partial charge in [0.05, 0.1) is 25.3 Å². The van der Waals surface area contributed by atoms with Crippen molar-refractivity contribution in [1.82, 2.24) is 4.98 Å². The van der Waals surface area contributed by atoms with Gasteiger partial charge in [-0.25, -0.2) is 9.37 Å². The zero-order chi connectivity index (χ0) is 24.5. The minimum absolute atomic E-state index is 0.0244. The van der Waals surface area contributed by atoms with Crippen LogP contribution in [0.15, 0.2) is 47.8 Å². The number of thiazole rings is 1. The lowest BCUT2D eigenvalue weighted by Crippen LogP contribution is -2.18. The summed E-state index contributed by atoms with van der Waals surface area (Å²) in [5, 5.41) is 4.74. The highest BCUT2D eigenvalue weighted by Crippen LogP contribution is 2.29. The third kappa shape index (κ3) is 7.53. The largest absolute Gasteiger partial charge is 0.488 e. The van der Waals surface area contributed by atoms with Gasteiger partial charge >= 0.3 is 5.97 Å². The number of esters is 1. The molecule has 3 rings (SSSR count). The van der Waals surface area contributed by atoms with Crippen LogP contribution in [0.1, 0.15) is 29.9 Å². The molecule has 0 fully saturated rings. The van der Waals surface area contributed by atoms with Gasteiger partial charge < -0.3 is 18.9 Å². The number of nitrogens with zero attached hydrogens (tertiary/aromatic N) is 1. The van der Waals surface area contributed by atoms with E-state index in [1.54, 1.807) is 37.6 Å². The number of amides is 1. The molecule has 0 saturated heterocycles. The summed E-state index contributed by atoms with van der Waals surface area (Å²) in [7, 11) is 1.57. The van der Waals surface area contributed by atoms with E-state index in [9.17, 15) is 14.0 Å². The molecule has 0 aliphatic rings. The van der Waals surface area contributed by atoms with Gasteiger partial charge in [-0.2, -0.15) is 0 Å². The predicted molar refractivity (Wildman–Crippen MR) is 125 cm³/mol. The molecular weight excluding hydrogens is 463 g/mol. The number of carbonyl (C=O) groups is 2. The number of benzene rings is 2. The van der Waals surface area contributed by atoms with E-state index in [4.69, 9.17) is 18.9 Å². The van der Waals surface area contributed by atoms with Crippen molar-refractivity contribution >= 4 is 28.3 Å². The van der Waals surface area contributed by atoms with Gasteiger partial charge in [-0.3, -0.25) is 14.9 Å². The zero-order valence-electron chi connectivity index (χ0n) is 19.0. The second-order valence-electron chi connectivity index (χ2n) is 7.21. The number of ether oxygens (including phenoxy) is 4. The molecule has 0 aliphatic carbocycles. The van der Waals surface area contributed by atoms with Gasteiger partial charge in [-0.05, 0) is 50.2 Å². The maximum Gasteiger partial charge on any atom is 0.311 e. The number of halogens is 1. The average molecular weight is 489 g/mol. The molecule has 0 radical (unpaired) electrons. The van der Waals surface area contributed by atoms with Crippen LogP contribution < -0.4 is 14.8 Å². The first-order valence-corrected chi connectivity index (χ1v) is 11.4. The number of rotatable bonds is 11. The van der Waals surface area contributed by atoms with Gasteiger partial charge in [-0.1, -0.05) is 0 Å². The minimum atomic E-state index is -0.439. The molecule has 8 nitrogen and oxygen atoms in total. The van der Waals surface area contributed by atoms with Crippen LogP contribution in [-0.2, 0) is 20.7 Å². The Morgan fingerprint density at radius 3 is 2.56 bits per heavy atom. The number of hydrogen-bond acceptors (Lipinski definition) is 8. The van der Waals surface area contributed by atoms with Crippen molar-refractivity contribution in [3.8, 4) is 17.2 Å². The molecule has 34 heavy (non-hydrogen) atoms. The van der Waals surface area contributed by atoms with Crippen LogP contribution in [-0.4, -0.2) is 43.3 Å². The quantitative estimate of drug-likeness (QED) is 0.386. The molecule has 1 atom stereocenters. The highest BCUT2D eigenvalue weighted by Gasteiger charge is 2.15. The molecule has 0 bridgehead atoms. The van der Waals surface area contributed by atoms with Crippen LogP contribution in [0.2, 0.25) is 0 Å². The first kappa shape index (κ1) is 25.1. The molecule has 1 aromatic heterocycles. The second-order valence-corrected chi connectivity index (χ2v) is 8.07. The number of hydrogen-bond donors (Lipinski definition) is 1. The van der Waals surface area contributed by atoms with E-state index in [0.29, 0.717) is 34.7 Å². The van der Waals surface area contributed by atoms with E-state index >= 15 is 0 Å². The lowest BCUT2D eigenvalue weighted by atomic mass is 10.2. The van der Waals surface area contributed by atoms with Crippen LogP contribution in [0.3, 0.4) is 0 Å². The van der Waals surface area contributed by atoms with Crippen molar-refractivity contribution in [2.24, 2.45) is 0 Å². The summed E-state index contributed by atoms with van der Waals surface area (Å²) in [6.07, 6.45) is -0.247. The van der Waals surface area contributed by atoms with Gasteiger partial charge in [0.2, 0.25) is 0 Å². The van der Waals surface area contributed by atoms with Crippen molar-refractivity contribution in [3.63, 3.8) is 0 Å². The van der Waals surface area contributed by atoms with Crippen molar-refractivity contribution < 1.29 is 32.9 Å². The first-order chi connectivity index (χ1) is 16.4. The van der Waals surface area contributed by atoms with Crippen molar-refractivity contribution in [1.29, 1.82) is 0 Å². The Hall–Kier alpha value is -3.50. The van der Waals surface area contributed by atoms with Gasteiger partial charge in [0.25, 0.3) is 5.91 Å². The van der Waals surface area contributed by atoms with Crippen LogP contribution in [0.25, 0.3) is 0 Å². The lowest BCUT2D eigenvalue weighted by Gasteiger charge is -2.16. The molecule has 0 saturated carbocycles. The summed E-state index contributed by atoms with van der Waals surface area (Å²) in [5.41, 5.74) is 0.769. The summed E-state index contributed by atoms with van der Waals surface area (Å²) in [5.74, 6) is -0.0753. The predicted octanol–water partition coefficient (Wildman–Crippen LogP) is 4.85. The Kier molecular flexibility index (Phi) is 8.94. The molecule has 2 aromatic carbocycles. The molecule has 1 heterocycles. The second kappa shape index (κ2) is 12.1. The Balaban J connectivity index is 1.79. The Bertz CT molecular complexity index is 1120. The van der Waals surface area contributed by atoms with Gasteiger partial charge in [-0.15, -0.1) is 11.3 Å². The summed E-state index contributed by atoms with van der Waals surface area (Å²) < 4.78 is 34.9. The van der Waals surface area contributed by atoms with Crippen molar-refractivity contribution in [3.05, 3.63) is 64.9 Å². The Labute approximate surface area is 200 Å². The molecule has 0 spiro atoms. The summed E-state index contributed by atoms with van der Waals surface area (Å²) in [6, 6.07) is 10.3. The Morgan fingerprint density at radius 1 is 1.12 bits per heavy atom. The monoisotopic (exact) mass is 488 g/mol. The molecule has 1 amide bonds. The number of aromatic nitrogens is 1. The Morgan fingerprint density at radius 2 is 1.85 bits per heavy atom.